The standard InChI is InChI=1S/C25H29NO2/c1-28-22-14-12-21(13-15-22)24-16-25(27)23(20-10-6-3-7-11-20)18-26(24)17-19-8-4-2-5-9-19/h2,4-5,8-9,12-15,18,20,24H,3,6-7,10-11,16-17H2,1H3. The summed E-state index contributed by atoms with van der Waals surface area (Å²) in [6.07, 6.45) is 8.85. The van der Waals surface area contributed by atoms with Crippen molar-refractivity contribution in [3.8, 4) is 5.75 Å². The molecular formula is C25H29NO2. The molecule has 3 heteroatoms. The van der Waals surface area contributed by atoms with E-state index in [4.69, 9.17) is 4.74 Å². The molecule has 2 aliphatic rings. The summed E-state index contributed by atoms with van der Waals surface area (Å²) in [5, 5.41) is 0. The zero-order valence-corrected chi connectivity index (χ0v) is 16.6. The number of Topliss-reactive ketones (excluding diaryl/α,β-unsaturated/α-hetero) is 1. The fourth-order valence-electron chi connectivity index (χ4n) is 4.58. The third-order valence-corrected chi connectivity index (χ3v) is 6.16. The fraction of sp³-hybridized carbons (Fsp3) is 0.400. The highest BCUT2D eigenvalue weighted by molar-refractivity contribution is 5.97. The molecule has 0 spiro atoms. The van der Waals surface area contributed by atoms with Crippen LogP contribution in [-0.2, 0) is 11.3 Å². The van der Waals surface area contributed by atoms with Crippen LogP contribution in [0.2, 0.25) is 0 Å². The summed E-state index contributed by atoms with van der Waals surface area (Å²) in [4.78, 5) is 15.5. The van der Waals surface area contributed by atoms with E-state index in [1.807, 2.05) is 18.2 Å². The van der Waals surface area contributed by atoms with Gasteiger partial charge in [-0.25, -0.2) is 0 Å². The lowest BCUT2D eigenvalue weighted by Gasteiger charge is -2.37. The molecule has 0 saturated heterocycles. The van der Waals surface area contributed by atoms with Gasteiger partial charge in [0.05, 0.1) is 13.2 Å². The minimum atomic E-state index is 0.0750. The van der Waals surface area contributed by atoms with Gasteiger partial charge >= 0.3 is 0 Å². The molecule has 4 rings (SSSR count). The number of hydrogen-bond donors (Lipinski definition) is 0. The molecule has 0 bridgehead atoms. The normalized spacial score (nSPS) is 20.8. The number of nitrogens with zero attached hydrogens (tertiary/aromatic N) is 1. The van der Waals surface area contributed by atoms with Crippen LogP contribution in [0.15, 0.2) is 66.4 Å². The number of methoxy groups -OCH3 is 1. The first kappa shape index (κ1) is 18.8. The van der Waals surface area contributed by atoms with Crippen LogP contribution in [0.1, 0.15) is 55.7 Å². The maximum atomic E-state index is 13.1. The molecule has 1 aliphatic carbocycles. The number of ketones is 1. The second-order valence-electron chi connectivity index (χ2n) is 7.99. The monoisotopic (exact) mass is 375 g/mol. The molecule has 1 aliphatic heterocycles. The van der Waals surface area contributed by atoms with Gasteiger partial charge in [-0.05, 0) is 42.0 Å². The van der Waals surface area contributed by atoms with E-state index in [0.29, 0.717) is 18.1 Å². The first-order valence-corrected chi connectivity index (χ1v) is 10.4. The van der Waals surface area contributed by atoms with Gasteiger partial charge in [0.1, 0.15) is 5.75 Å². The van der Waals surface area contributed by atoms with Gasteiger partial charge in [-0.2, -0.15) is 0 Å². The van der Waals surface area contributed by atoms with Gasteiger partial charge < -0.3 is 9.64 Å². The van der Waals surface area contributed by atoms with E-state index in [0.717, 1.165) is 30.7 Å². The predicted octanol–water partition coefficient (Wildman–Crippen LogP) is 5.68. The van der Waals surface area contributed by atoms with Crippen LogP contribution in [0.5, 0.6) is 5.75 Å². The largest absolute Gasteiger partial charge is 0.497 e. The van der Waals surface area contributed by atoms with Gasteiger partial charge in [-0.15, -0.1) is 0 Å². The zero-order chi connectivity index (χ0) is 19.3. The highest BCUT2D eigenvalue weighted by Gasteiger charge is 2.32. The van der Waals surface area contributed by atoms with E-state index in [9.17, 15) is 4.79 Å². The number of ether oxygens (including phenoxy) is 1. The molecule has 2 aromatic carbocycles. The Morgan fingerprint density at radius 1 is 0.964 bits per heavy atom. The lowest BCUT2D eigenvalue weighted by molar-refractivity contribution is -0.118. The van der Waals surface area contributed by atoms with Crippen molar-refractivity contribution in [2.75, 3.05) is 7.11 Å². The SMILES string of the molecule is COc1ccc(C2CC(=O)C(C3CCCCC3)=CN2Cc2ccccc2)cc1. The Morgan fingerprint density at radius 2 is 1.68 bits per heavy atom. The fourth-order valence-corrected chi connectivity index (χ4v) is 4.58. The smallest absolute Gasteiger partial charge is 0.162 e. The number of carbonyl (C=O) groups excluding carboxylic acids is 1. The quantitative estimate of drug-likeness (QED) is 0.674. The van der Waals surface area contributed by atoms with Gasteiger partial charge in [-0.3, -0.25) is 4.79 Å². The van der Waals surface area contributed by atoms with Crippen LogP contribution in [0.4, 0.5) is 0 Å². The molecule has 0 amide bonds. The van der Waals surface area contributed by atoms with Crippen LogP contribution in [0, 0.1) is 5.92 Å². The van der Waals surface area contributed by atoms with Gasteiger partial charge in [0, 0.05) is 24.7 Å². The number of rotatable bonds is 5. The molecule has 2 aromatic rings. The lowest BCUT2D eigenvalue weighted by atomic mass is 9.79. The Balaban J connectivity index is 1.65. The maximum Gasteiger partial charge on any atom is 0.162 e. The van der Waals surface area contributed by atoms with E-state index in [1.54, 1.807) is 7.11 Å². The minimum Gasteiger partial charge on any atom is -0.497 e. The van der Waals surface area contributed by atoms with Gasteiger partial charge in [0.15, 0.2) is 5.78 Å². The number of benzene rings is 2. The summed E-state index contributed by atoms with van der Waals surface area (Å²) < 4.78 is 5.30. The second-order valence-corrected chi connectivity index (χ2v) is 7.99. The van der Waals surface area contributed by atoms with Crippen LogP contribution < -0.4 is 4.74 Å². The van der Waals surface area contributed by atoms with Crippen LogP contribution >= 0.6 is 0 Å². The molecular weight excluding hydrogens is 346 g/mol. The van der Waals surface area contributed by atoms with E-state index in [2.05, 4.69) is 47.5 Å². The van der Waals surface area contributed by atoms with Crippen LogP contribution in [0.3, 0.4) is 0 Å². The topological polar surface area (TPSA) is 29.5 Å². The van der Waals surface area contributed by atoms with Gasteiger partial charge in [-0.1, -0.05) is 61.7 Å². The van der Waals surface area contributed by atoms with Crippen molar-refractivity contribution in [2.24, 2.45) is 5.92 Å². The molecule has 3 nitrogen and oxygen atoms in total. The minimum absolute atomic E-state index is 0.0750. The maximum absolute atomic E-state index is 13.1. The highest BCUT2D eigenvalue weighted by atomic mass is 16.5. The lowest BCUT2D eigenvalue weighted by Crippen LogP contribution is -2.33. The molecule has 1 fully saturated rings. The first-order valence-electron chi connectivity index (χ1n) is 10.4. The zero-order valence-electron chi connectivity index (χ0n) is 16.6. The molecule has 1 heterocycles. The molecule has 146 valence electrons. The van der Waals surface area contributed by atoms with Crippen molar-refractivity contribution >= 4 is 5.78 Å². The van der Waals surface area contributed by atoms with Gasteiger partial charge in [0.25, 0.3) is 0 Å². The van der Waals surface area contributed by atoms with Crippen LogP contribution in [-0.4, -0.2) is 17.8 Å². The molecule has 0 radical (unpaired) electrons. The predicted molar refractivity (Wildman–Crippen MR) is 112 cm³/mol. The van der Waals surface area contributed by atoms with Crippen molar-refractivity contribution in [2.45, 2.75) is 51.1 Å². The average Bonchev–Trinajstić information content (AvgIpc) is 2.76. The van der Waals surface area contributed by atoms with Crippen molar-refractivity contribution in [1.29, 1.82) is 0 Å². The third-order valence-electron chi connectivity index (χ3n) is 6.16. The van der Waals surface area contributed by atoms with E-state index < -0.39 is 0 Å². The van der Waals surface area contributed by atoms with Crippen molar-refractivity contribution in [3.63, 3.8) is 0 Å². The van der Waals surface area contributed by atoms with E-state index in [-0.39, 0.29) is 6.04 Å². The number of hydrogen-bond acceptors (Lipinski definition) is 3. The number of carbonyl (C=O) groups is 1. The Hall–Kier alpha value is -2.55. The Labute approximate surface area is 168 Å². The summed E-state index contributed by atoms with van der Waals surface area (Å²) in [5.74, 6) is 1.62. The average molecular weight is 376 g/mol. The Bertz CT molecular complexity index is 819. The molecule has 1 unspecified atom stereocenters. The summed E-state index contributed by atoms with van der Waals surface area (Å²) in [6.45, 7) is 0.820. The number of allylic oxidation sites excluding steroid dienone is 1. The van der Waals surface area contributed by atoms with Crippen molar-refractivity contribution < 1.29 is 9.53 Å². The summed E-state index contributed by atoms with van der Waals surface area (Å²) in [5.41, 5.74) is 3.50. The Morgan fingerprint density at radius 3 is 2.36 bits per heavy atom. The molecule has 1 saturated carbocycles. The molecule has 1 atom stereocenters. The summed E-state index contributed by atoms with van der Waals surface area (Å²) >= 11 is 0. The molecule has 0 N–H and O–H groups in total. The van der Waals surface area contributed by atoms with Crippen molar-refractivity contribution in [1.82, 2.24) is 4.90 Å². The van der Waals surface area contributed by atoms with Crippen molar-refractivity contribution in [3.05, 3.63) is 77.5 Å². The third kappa shape index (κ3) is 4.14. The summed E-state index contributed by atoms with van der Waals surface area (Å²) in [6, 6.07) is 18.8. The highest BCUT2D eigenvalue weighted by Crippen LogP contribution is 2.38. The van der Waals surface area contributed by atoms with E-state index >= 15 is 0 Å². The Kier molecular flexibility index (Phi) is 5.80. The van der Waals surface area contributed by atoms with E-state index in [1.165, 1.54) is 30.4 Å². The second kappa shape index (κ2) is 8.64. The van der Waals surface area contributed by atoms with Crippen LogP contribution in [0.25, 0.3) is 0 Å². The first-order chi connectivity index (χ1) is 13.7. The summed E-state index contributed by atoms with van der Waals surface area (Å²) in [7, 11) is 1.68. The molecule has 28 heavy (non-hydrogen) atoms. The molecule has 0 aromatic heterocycles. The van der Waals surface area contributed by atoms with Gasteiger partial charge in [0.2, 0.25) is 0 Å².